The molecule has 0 spiro atoms. The van der Waals surface area contributed by atoms with Crippen molar-refractivity contribution in [2.75, 3.05) is 0 Å². The Morgan fingerprint density at radius 1 is 0.875 bits per heavy atom. The average Bonchev–Trinajstić information content (AvgIpc) is 2.59. The highest BCUT2D eigenvalue weighted by Crippen LogP contribution is 2.27. The van der Waals surface area contributed by atoms with Gasteiger partial charge in [0.05, 0.1) is 0 Å². The molecule has 2 aromatic rings. The number of unbranched alkanes of at least 4 members (excludes halogenated alkanes) is 1. The molecule has 2 aromatic carbocycles. The van der Waals surface area contributed by atoms with Gasteiger partial charge in [-0.25, -0.2) is 0 Å². The van der Waals surface area contributed by atoms with Gasteiger partial charge in [-0.1, -0.05) is 94.1 Å². The standard InChI is InChI=1S/C20H26.H3O3P/c1-3-5-11-17(4-2)16-19-14-9-10-15-20(19)18-12-7-6-8-13-18;1-4(2)3/h6-10,12-15,17H,3-5,11,16H2,1-2H3;1-3H. The van der Waals surface area contributed by atoms with Crippen LogP contribution in [0.1, 0.15) is 45.1 Å². The van der Waals surface area contributed by atoms with Gasteiger partial charge in [-0.15, -0.1) is 0 Å². The first-order chi connectivity index (χ1) is 11.6. The lowest BCUT2D eigenvalue weighted by molar-refractivity contribution is 0.368. The van der Waals surface area contributed by atoms with E-state index < -0.39 is 8.60 Å². The molecule has 0 bridgehead atoms. The van der Waals surface area contributed by atoms with Crippen molar-refractivity contribution in [3.05, 3.63) is 60.2 Å². The Bertz CT molecular complexity index is 555. The SMILES string of the molecule is CCCCC(CC)Cc1ccccc1-c1ccccc1.OP(O)O. The van der Waals surface area contributed by atoms with Crippen LogP contribution in [0.3, 0.4) is 0 Å². The Kier molecular flexibility index (Phi) is 10.5. The molecule has 0 amide bonds. The smallest absolute Gasteiger partial charge is 0.324 e. The number of rotatable bonds is 7. The second-order valence-electron chi connectivity index (χ2n) is 5.91. The Hall–Kier alpha value is -1.25. The van der Waals surface area contributed by atoms with E-state index in [0.717, 1.165) is 5.92 Å². The van der Waals surface area contributed by atoms with Crippen molar-refractivity contribution in [1.29, 1.82) is 0 Å². The number of hydrogen-bond donors (Lipinski definition) is 3. The second-order valence-corrected chi connectivity index (χ2v) is 6.45. The van der Waals surface area contributed by atoms with Gasteiger partial charge in [0.2, 0.25) is 0 Å². The van der Waals surface area contributed by atoms with Gasteiger partial charge in [-0.3, -0.25) is 0 Å². The zero-order valence-electron chi connectivity index (χ0n) is 14.6. The first kappa shape index (κ1) is 20.8. The fourth-order valence-electron chi connectivity index (χ4n) is 2.85. The maximum atomic E-state index is 7.23. The van der Waals surface area contributed by atoms with E-state index in [1.165, 1.54) is 48.8 Å². The Balaban J connectivity index is 0.000000648. The van der Waals surface area contributed by atoms with Crippen LogP contribution < -0.4 is 0 Å². The van der Waals surface area contributed by atoms with Crippen LogP contribution in [0.2, 0.25) is 0 Å². The first-order valence-corrected chi connectivity index (χ1v) is 9.78. The topological polar surface area (TPSA) is 60.7 Å². The lowest BCUT2D eigenvalue weighted by Crippen LogP contribution is -2.04. The predicted molar refractivity (Wildman–Crippen MR) is 102 cm³/mol. The summed E-state index contributed by atoms with van der Waals surface area (Å²) in [6.07, 6.45) is 6.50. The van der Waals surface area contributed by atoms with Crippen molar-refractivity contribution in [2.45, 2.75) is 46.0 Å². The van der Waals surface area contributed by atoms with Gasteiger partial charge >= 0.3 is 8.60 Å². The molecule has 132 valence electrons. The van der Waals surface area contributed by atoms with Crippen molar-refractivity contribution in [3.63, 3.8) is 0 Å². The fraction of sp³-hybridized carbons (Fsp3) is 0.400. The highest BCUT2D eigenvalue weighted by Gasteiger charge is 2.10. The monoisotopic (exact) mass is 348 g/mol. The zero-order valence-corrected chi connectivity index (χ0v) is 15.5. The van der Waals surface area contributed by atoms with E-state index in [4.69, 9.17) is 14.7 Å². The van der Waals surface area contributed by atoms with Crippen LogP contribution in [0, 0.1) is 5.92 Å². The van der Waals surface area contributed by atoms with Crippen molar-refractivity contribution in [2.24, 2.45) is 5.92 Å². The van der Waals surface area contributed by atoms with Gasteiger partial charge in [0.15, 0.2) is 0 Å². The molecule has 1 unspecified atom stereocenters. The highest BCUT2D eigenvalue weighted by molar-refractivity contribution is 7.38. The summed E-state index contributed by atoms with van der Waals surface area (Å²) in [4.78, 5) is 21.7. The molecule has 0 saturated carbocycles. The quantitative estimate of drug-likeness (QED) is 0.595. The van der Waals surface area contributed by atoms with E-state index in [1.54, 1.807) is 0 Å². The summed E-state index contributed by atoms with van der Waals surface area (Å²) in [6.45, 7) is 4.61. The molecule has 3 N–H and O–H groups in total. The summed E-state index contributed by atoms with van der Waals surface area (Å²) in [5.74, 6) is 0.819. The normalized spacial score (nSPS) is 11.8. The van der Waals surface area contributed by atoms with Crippen molar-refractivity contribution >= 4 is 8.60 Å². The van der Waals surface area contributed by atoms with Crippen LogP contribution in [-0.2, 0) is 6.42 Å². The fourth-order valence-corrected chi connectivity index (χ4v) is 2.85. The summed E-state index contributed by atoms with van der Waals surface area (Å²) in [5, 5.41) is 0. The molecule has 0 radical (unpaired) electrons. The summed E-state index contributed by atoms with van der Waals surface area (Å²) < 4.78 is 0. The molecule has 0 aliphatic rings. The van der Waals surface area contributed by atoms with Crippen LogP contribution >= 0.6 is 8.60 Å². The van der Waals surface area contributed by atoms with Gasteiger partial charge in [-0.2, -0.15) is 0 Å². The van der Waals surface area contributed by atoms with Gasteiger partial charge in [-0.05, 0) is 29.0 Å². The lowest BCUT2D eigenvalue weighted by atomic mass is 9.88. The van der Waals surface area contributed by atoms with Crippen LogP contribution in [0.5, 0.6) is 0 Å². The maximum Gasteiger partial charge on any atom is 0.324 e. The molecule has 0 heterocycles. The predicted octanol–water partition coefficient (Wildman–Crippen LogP) is 5.30. The van der Waals surface area contributed by atoms with Gasteiger partial charge in [0.25, 0.3) is 0 Å². The van der Waals surface area contributed by atoms with E-state index in [9.17, 15) is 0 Å². The minimum Gasteiger partial charge on any atom is -0.328 e. The molecular weight excluding hydrogens is 319 g/mol. The van der Waals surface area contributed by atoms with Crippen molar-refractivity contribution < 1.29 is 14.7 Å². The molecule has 0 saturated heterocycles. The molecule has 4 heteroatoms. The van der Waals surface area contributed by atoms with Gasteiger partial charge in [0, 0.05) is 0 Å². The highest BCUT2D eigenvalue weighted by atomic mass is 31.2. The molecule has 0 fully saturated rings. The van der Waals surface area contributed by atoms with E-state index in [2.05, 4.69) is 68.4 Å². The van der Waals surface area contributed by atoms with Crippen LogP contribution in [-0.4, -0.2) is 14.7 Å². The number of benzene rings is 2. The average molecular weight is 348 g/mol. The molecule has 3 nitrogen and oxygen atoms in total. The van der Waals surface area contributed by atoms with E-state index >= 15 is 0 Å². The lowest BCUT2D eigenvalue weighted by Gasteiger charge is -2.17. The van der Waals surface area contributed by atoms with E-state index in [1.807, 2.05) is 0 Å². The third-order valence-electron chi connectivity index (χ3n) is 4.15. The Morgan fingerprint density at radius 2 is 1.46 bits per heavy atom. The molecule has 0 aliphatic heterocycles. The molecule has 24 heavy (non-hydrogen) atoms. The Labute approximate surface area is 147 Å². The second kappa shape index (κ2) is 12.2. The van der Waals surface area contributed by atoms with Crippen LogP contribution in [0.25, 0.3) is 11.1 Å². The van der Waals surface area contributed by atoms with E-state index in [-0.39, 0.29) is 0 Å². The number of hydrogen-bond acceptors (Lipinski definition) is 3. The minimum absolute atomic E-state index is 0.819. The minimum atomic E-state index is -2.62. The van der Waals surface area contributed by atoms with Crippen LogP contribution in [0.4, 0.5) is 0 Å². The molecule has 0 aromatic heterocycles. The third-order valence-corrected chi connectivity index (χ3v) is 4.15. The van der Waals surface area contributed by atoms with E-state index in [0.29, 0.717) is 0 Å². The largest absolute Gasteiger partial charge is 0.328 e. The Morgan fingerprint density at radius 3 is 2.04 bits per heavy atom. The van der Waals surface area contributed by atoms with Crippen molar-refractivity contribution in [1.82, 2.24) is 0 Å². The third kappa shape index (κ3) is 8.03. The molecular formula is C20H29O3P. The molecule has 0 aliphatic carbocycles. The molecule has 1 atom stereocenters. The summed E-state index contributed by atoms with van der Waals surface area (Å²) in [7, 11) is -2.62. The summed E-state index contributed by atoms with van der Waals surface area (Å²) >= 11 is 0. The summed E-state index contributed by atoms with van der Waals surface area (Å²) in [6, 6.07) is 19.7. The first-order valence-electron chi connectivity index (χ1n) is 8.58. The van der Waals surface area contributed by atoms with Gasteiger partial charge in [0.1, 0.15) is 0 Å². The van der Waals surface area contributed by atoms with Crippen molar-refractivity contribution in [3.8, 4) is 11.1 Å². The van der Waals surface area contributed by atoms with Gasteiger partial charge < -0.3 is 14.7 Å². The maximum absolute atomic E-state index is 7.23. The summed E-state index contributed by atoms with van der Waals surface area (Å²) in [5.41, 5.74) is 4.25. The zero-order chi connectivity index (χ0) is 17.8. The molecule has 2 rings (SSSR count). The van der Waals surface area contributed by atoms with Crippen LogP contribution in [0.15, 0.2) is 54.6 Å².